The molecule has 0 saturated heterocycles. The minimum absolute atomic E-state index is 0.103. The first kappa shape index (κ1) is 17.6. The van der Waals surface area contributed by atoms with Gasteiger partial charge >= 0.3 is 0 Å². The Morgan fingerprint density at radius 2 is 1.77 bits per heavy atom. The molecule has 0 radical (unpaired) electrons. The molecular formula is C21H22N4O. The first-order valence-corrected chi connectivity index (χ1v) is 8.55. The van der Waals surface area contributed by atoms with Gasteiger partial charge in [0.2, 0.25) is 0 Å². The summed E-state index contributed by atoms with van der Waals surface area (Å²) in [6.45, 7) is 6.01. The van der Waals surface area contributed by atoms with E-state index >= 15 is 0 Å². The number of benzene rings is 2. The Morgan fingerprint density at radius 1 is 1.00 bits per heavy atom. The van der Waals surface area contributed by atoms with Gasteiger partial charge < -0.3 is 10.6 Å². The van der Waals surface area contributed by atoms with Gasteiger partial charge in [-0.15, -0.1) is 0 Å². The molecule has 132 valence electrons. The van der Waals surface area contributed by atoms with Gasteiger partial charge in [-0.25, -0.2) is 9.97 Å². The van der Waals surface area contributed by atoms with Crippen molar-refractivity contribution < 1.29 is 4.79 Å². The molecule has 1 heterocycles. The van der Waals surface area contributed by atoms with Crippen LogP contribution < -0.4 is 10.6 Å². The summed E-state index contributed by atoms with van der Waals surface area (Å²) < 4.78 is 0. The molecule has 1 amide bonds. The minimum atomic E-state index is -0.229. The van der Waals surface area contributed by atoms with E-state index in [1.807, 2.05) is 57.2 Å². The van der Waals surface area contributed by atoms with E-state index in [0.29, 0.717) is 11.5 Å². The third kappa shape index (κ3) is 4.25. The van der Waals surface area contributed by atoms with Gasteiger partial charge in [-0.3, -0.25) is 4.79 Å². The highest BCUT2D eigenvalue weighted by atomic mass is 16.1. The molecule has 1 atom stereocenters. The number of anilines is 2. The monoisotopic (exact) mass is 346 g/mol. The molecule has 26 heavy (non-hydrogen) atoms. The zero-order valence-corrected chi connectivity index (χ0v) is 15.2. The zero-order valence-electron chi connectivity index (χ0n) is 15.2. The molecule has 3 aromatic rings. The first-order chi connectivity index (χ1) is 12.5. The zero-order chi connectivity index (χ0) is 18.5. The van der Waals surface area contributed by atoms with E-state index in [9.17, 15) is 4.79 Å². The van der Waals surface area contributed by atoms with Crippen LogP contribution in [0.4, 0.5) is 11.5 Å². The summed E-state index contributed by atoms with van der Waals surface area (Å²) in [4.78, 5) is 20.9. The highest BCUT2D eigenvalue weighted by Crippen LogP contribution is 2.21. The van der Waals surface area contributed by atoms with Crippen molar-refractivity contribution in [3.8, 4) is 0 Å². The molecule has 0 aliphatic carbocycles. The number of carbonyl (C=O) groups excluding carboxylic acids is 1. The predicted octanol–water partition coefficient (Wildman–Crippen LogP) is 4.33. The molecule has 2 N–H and O–H groups in total. The maximum atomic E-state index is 12.5. The second-order valence-corrected chi connectivity index (χ2v) is 6.34. The molecule has 2 aromatic carbocycles. The van der Waals surface area contributed by atoms with Crippen molar-refractivity contribution in [3.05, 3.63) is 83.3 Å². The summed E-state index contributed by atoms with van der Waals surface area (Å²) in [7, 11) is 0. The van der Waals surface area contributed by atoms with Crippen LogP contribution in [-0.4, -0.2) is 15.9 Å². The fraction of sp³-hybridized carbons (Fsp3) is 0.190. The highest BCUT2D eigenvalue weighted by molar-refractivity contribution is 5.93. The number of amides is 1. The van der Waals surface area contributed by atoms with E-state index in [1.54, 1.807) is 6.07 Å². The summed E-state index contributed by atoms with van der Waals surface area (Å²) in [6, 6.07) is 17.5. The van der Waals surface area contributed by atoms with Crippen LogP contribution in [0.2, 0.25) is 0 Å². The second-order valence-electron chi connectivity index (χ2n) is 6.34. The largest absolute Gasteiger partial charge is 0.344 e. The summed E-state index contributed by atoms with van der Waals surface area (Å²) in [5.41, 5.74) is 4.60. The van der Waals surface area contributed by atoms with Crippen LogP contribution in [-0.2, 0) is 0 Å². The molecule has 3 rings (SSSR count). The maximum absolute atomic E-state index is 12.5. The first-order valence-electron chi connectivity index (χ1n) is 8.55. The molecule has 5 nitrogen and oxygen atoms in total. The van der Waals surface area contributed by atoms with Gasteiger partial charge in [0.25, 0.3) is 5.91 Å². The molecule has 0 bridgehead atoms. The molecule has 0 fully saturated rings. The average Bonchev–Trinajstić information content (AvgIpc) is 2.65. The van der Waals surface area contributed by atoms with E-state index < -0.39 is 0 Å². The van der Waals surface area contributed by atoms with Crippen LogP contribution in [0.5, 0.6) is 0 Å². The van der Waals surface area contributed by atoms with Gasteiger partial charge in [0.1, 0.15) is 17.8 Å². The van der Waals surface area contributed by atoms with Crippen molar-refractivity contribution in [1.82, 2.24) is 15.3 Å². The summed E-state index contributed by atoms with van der Waals surface area (Å²) in [5, 5.41) is 6.23. The lowest BCUT2D eigenvalue weighted by Crippen LogP contribution is -2.27. The standard InChI is InChI=1S/C21H22N4O/c1-14-9-10-15(2)18(11-14)25-20-12-19(22-13-23-20)21(26)24-16(3)17-7-5-4-6-8-17/h4-13,16H,1-3H3,(H,24,26)(H,22,23,25). The second kappa shape index (κ2) is 7.78. The van der Waals surface area contributed by atoms with Crippen molar-refractivity contribution in [1.29, 1.82) is 0 Å². The van der Waals surface area contributed by atoms with Gasteiger partial charge in [-0.1, -0.05) is 42.5 Å². The van der Waals surface area contributed by atoms with Gasteiger partial charge in [-0.2, -0.15) is 0 Å². The number of aromatic nitrogens is 2. The molecule has 0 aliphatic heterocycles. The Morgan fingerprint density at radius 3 is 2.54 bits per heavy atom. The number of nitrogens with one attached hydrogen (secondary N) is 2. The number of carbonyl (C=O) groups is 1. The number of hydrogen-bond donors (Lipinski definition) is 2. The number of nitrogens with zero attached hydrogens (tertiary/aromatic N) is 2. The molecule has 0 spiro atoms. The van der Waals surface area contributed by atoms with Crippen molar-refractivity contribution in [3.63, 3.8) is 0 Å². The highest BCUT2D eigenvalue weighted by Gasteiger charge is 2.13. The lowest BCUT2D eigenvalue weighted by atomic mass is 10.1. The minimum Gasteiger partial charge on any atom is -0.344 e. The van der Waals surface area contributed by atoms with Crippen LogP contribution in [0.3, 0.4) is 0 Å². The Bertz CT molecular complexity index is 909. The van der Waals surface area contributed by atoms with Crippen LogP contribution in [0, 0.1) is 13.8 Å². The van der Waals surface area contributed by atoms with E-state index in [0.717, 1.165) is 22.4 Å². The SMILES string of the molecule is Cc1ccc(C)c(Nc2cc(C(=O)NC(C)c3ccccc3)ncn2)c1. The summed E-state index contributed by atoms with van der Waals surface area (Å²) in [6.07, 6.45) is 1.40. The van der Waals surface area contributed by atoms with E-state index in [1.165, 1.54) is 6.33 Å². The lowest BCUT2D eigenvalue weighted by molar-refractivity contribution is 0.0934. The van der Waals surface area contributed by atoms with Gasteiger partial charge in [0.05, 0.1) is 6.04 Å². The molecule has 0 aliphatic rings. The number of rotatable bonds is 5. The van der Waals surface area contributed by atoms with Crippen LogP contribution in [0.15, 0.2) is 60.9 Å². The molecule has 1 aromatic heterocycles. The quantitative estimate of drug-likeness (QED) is 0.722. The Kier molecular flexibility index (Phi) is 5.27. The van der Waals surface area contributed by atoms with E-state index in [4.69, 9.17) is 0 Å². The van der Waals surface area contributed by atoms with Crippen LogP contribution >= 0.6 is 0 Å². The van der Waals surface area contributed by atoms with Crippen molar-refractivity contribution in [2.45, 2.75) is 26.8 Å². The molecular weight excluding hydrogens is 324 g/mol. The Hall–Kier alpha value is -3.21. The van der Waals surface area contributed by atoms with E-state index in [2.05, 4.69) is 32.7 Å². The molecule has 1 unspecified atom stereocenters. The van der Waals surface area contributed by atoms with E-state index in [-0.39, 0.29) is 11.9 Å². The topological polar surface area (TPSA) is 66.9 Å². The van der Waals surface area contributed by atoms with Crippen molar-refractivity contribution in [2.24, 2.45) is 0 Å². The normalized spacial score (nSPS) is 11.7. The van der Waals surface area contributed by atoms with Crippen molar-refractivity contribution >= 4 is 17.4 Å². The maximum Gasteiger partial charge on any atom is 0.270 e. The molecule has 0 saturated carbocycles. The summed E-state index contributed by atoms with van der Waals surface area (Å²) >= 11 is 0. The van der Waals surface area contributed by atoms with Crippen LogP contribution in [0.25, 0.3) is 0 Å². The van der Waals surface area contributed by atoms with Gasteiger partial charge in [-0.05, 0) is 43.5 Å². The number of aryl methyl sites for hydroxylation is 2. The smallest absolute Gasteiger partial charge is 0.270 e. The third-order valence-corrected chi connectivity index (χ3v) is 4.20. The van der Waals surface area contributed by atoms with Crippen molar-refractivity contribution in [2.75, 3.05) is 5.32 Å². The van der Waals surface area contributed by atoms with Gasteiger partial charge in [0.15, 0.2) is 0 Å². The fourth-order valence-electron chi connectivity index (χ4n) is 2.65. The third-order valence-electron chi connectivity index (χ3n) is 4.20. The molecule has 5 heteroatoms. The average molecular weight is 346 g/mol. The van der Waals surface area contributed by atoms with Gasteiger partial charge in [0, 0.05) is 11.8 Å². The Labute approximate surface area is 153 Å². The fourth-order valence-corrected chi connectivity index (χ4v) is 2.65. The van der Waals surface area contributed by atoms with Crippen LogP contribution in [0.1, 0.15) is 40.1 Å². The number of hydrogen-bond acceptors (Lipinski definition) is 4. The predicted molar refractivity (Wildman–Crippen MR) is 104 cm³/mol. The summed E-state index contributed by atoms with van der Waals surface area (Å²) in [5.74, 6) is 0.360. The Balaban J connectivity index is 1.74. The lowest BCUT2D eigenvalue weighted by Gasteiger charge is -2.14.